The Bertz CT molecular complexity index is 801. The van der Waals surface area contributed by atoms with Gasteiger partial charge in [0.05, 0.1) is 31.5 Å². The molecule has 0 saturated carbocycles. The van der Waals surface area contributed by atoms with Crippen molar-refractivity contribution < 1.29 is 32.7 Å². The van der Waals surface area contributed by atoms with Crippen molar-refractivity contribution in [2.75, 3.05) is 44.2 Å². The van der Waals surface area contributed by atoms with Gasteiger partial charge in [-0.2, -0.15) is 8.78 Å². The highest BCUT2D eigenvalue weighted by Crippen LogP contribution is 2.46. The van der Waals surface area contributed by atoms with Gasteiger partial charge in [-0.05, 0) is 18.2 Å². The number of amides is 2. The van der Waals surface area contributed by atoms with Crippen molar-refractivity contribution in [1.29, 1.82) is 0 Å². The number of carbonyl (C=O) groups is 2. The molecule has 146 valence electrons. The molecule has 1 aromatic carbocycles. The Balaban J connectivity index is 1.82. The van der Waals surface area contributed by atoms with E-state index < -0.39 is 30.0 Å². The van der Waals surface area contributed by atoms with Gasteiger partial charge in [0.25, 0.3) is 0 Å². The zero-order valence-corrected chi connectivity index (χ0v) is 14.9. The van der Waals surface area contributed by atoms with E-state index in [2.05, 4.69) is 20.0 Å². The van der Waals surface area contributed by atoms with Gasteiger partial charge in [-0.1, -0.05) is 5.16 Å². The van der Waals surface area contributed by atoms with E-state index in [0.29, 0.717) is 0 Å². The van der Waals surface area contributed by atoms with Gasteiger partial charge in [0.1, 0.15) is 13.2 Å². The zero-order chi connectivity index (χ0) is 19.8. The van der Waals surface area contributed by atoms with Crippen LogP contribution >= 0.6 is 0 Å². The first-order valence-corrected chi connectivity index (χ1v) is 7.97. The Morgan fingerprint density at radius 1 is 1.44 bits per heavy atom. The van der Waals surface area contributed by atoms with E-state index in [-0.39, 0.29) is 30.0 Å². The zero-order valence-electron chi connectivity index (χ0n) is 14.9. The predicted molar refractivity (Wildman–Crippen MR) is 91.2 cm³/mol. The molecule has 9 nitrogen and oxygen atoms in total. The topological polar surface area (TPSA) is 92.7 Å². The number of ether oxygens (including phenoxy) is 2. The molecule has 0 aromatic heterocycles. The summed E-state index contributed by atoms with van der Waals surface area (Å²) in [6.45, 7) is 0.144. The fourth-order valence-corrected chi connectivity index (χ4v) is 2.99. The van der Waals surface area contributed by atoms with Crippen LogP contribution in [0.25, 0.3) is 0 Å². The van der Waals surface area contributed by atoms with E-state index >= 15 is 0 Å². The van der Waals surface area contributed by atoms with Gasteiger partial charge in [0.15, 0.2) is 0 Å². The van der Waals surface area contributed by atoms with Gasteiger partial charge in [-0.25, -0.2) is 9.59 Å². The molecule has 27 heavy (non-hydrogen) atoms. The number of hydrogen-bond donors (Lipinski definition) is 1. The quantitative estimate of drug-likeness (QED) is 0.797. The number of cyclic esters (lactones) is 1. The highest BCUT2D eigenvalue weighted by Gasteiger charge is 2.50. The molecule has 1 atom stereocenters. The Hall–Kier alpha value is -3.11. The summed E-state index contributed by atoms with van der Waals surface area (Å²) in [4.78, 5) is 30.2. The van der Waals surface area contributed by atoms with Gasteiger partial charge >= 0.3 is 18.1 Å². The number of methoxy groups -OCH3 is 1. The summed E-state index contributed by atoms with van der Waals surface area (Å²) in [5, 5.41) is 5.84. The number of oxime groups is 1. The van der Waals surface area contributed by atoms with Crippen LogP contribution in [0.5, 0.6) is 0 Å². The summed E-state index contributed by atoms with van der Waals surface area (Å²) in [7, 11) is 3.86. The van der Waals surface area contributed by atoms with Crippen LogP contribution in [0.1, 0.15) is 5.56 Å². The molecule has 2 aliphatic heterocycles. The lowest BCUT2D eigenvalue weighted by molar-refractivity contribution is 0.0728. The number of nitrogens with zero attached hydrogens (tertiary/aromatic N) is 3. The third kappa shape index (κ3) is 3.20. The van der Waals surface area contributed by atoms with Gasteiger partial charge in [-0.3, -0.25) is 4.90 Å². The van der Waals surface area contributed by atoms with E-state index in [4.69, 9.17) is 4.74 Å². The molecular weight excluding hydrogens is 366 g/mol. The molecule has 1 fully saturated rings. The van der Waals surface area contributed by atoms with Crippen LogP contribution in [-0.2, 0) is 20.2 Å². The van der Waals surface area contributed by atoms with E-state index in [1.54, 1.807) is 6.07 Å². The third-order valence-electron chi connectivity index (χ3n) is 4.30. The number of amidine groups is 1. The average molecular weight is 384 g/mol. The SMILES string of the molecule is CON=C1N(C)c2ccc(N3C[C@@H](CNC(=O)OC)OC3=O)cc2C1(F)F. The minimum Gasteiger partial charge on any atom is -0.453 e. The van der Waals surface area contributed by atoms with Gasteiger partial charge in [0.2, 0.25) is 5.84 Å². The average Bonchev–Trinajstić information content (AvgIpc) is 3.11. The number of fused-ring (bicyclic) bond motifs is 1. The van der Waals surface area contributed by atoms with Crippen LogP contribution in [-0.4, -0.2) is 58.5 Å². The van der Waals surface area contributed by atoms with Crippen LogP contribution in [0.15, 0.2) is 23.4 Å². The number of alkyl halides is 2. The second-order valence-electron chi connectivity index (χ2n) is 5.92. The second-order valence-corrected chi connectivity index (χ2v) is 5.92. The van der Waals surface area contributed by atoms with Crippen molar-refractivity contribution in [1.82, 2.24) is 5.32 Å². The summed E-state index contributed by atoms with van der Waals surface area (Å²) < 4.78 is 39.0. The fraction of sp³-hybridized carbons (Fsp3) is 0.438. The maximum atomic E-state index is 14.7. The second kappa shape index (κ2) is 6.89. The molecule has 2 amide bonds. The molecule has 0 aliphatic carbocycles. The number of carbonyl (C=O) groups excluding carboxylic acids is 2. The highest BCUT2D eigenvalue weighted by atomic mass is 19.3. The molecule has 0 radical (unpaired) electrons. The Morgan fingerprint density at radius 2 is 2.19 bits per heavy atom. The Labute approximate surface area is 153 Å². The molecule has 1 saturated heterocycles. The predicted octanol–water partition coefficient (Wildman–Crippen LogP) is 1.87. The number of halogens is 2. The number of hydrogen-bond acceptors (Lipinski definition) is 6. The molecule has 2 aliphatic rings. The van der Waals surface area contributed by atoms with E-state index in [1.807, 2.05) is 0 Å². The number of anilines is 2. The first kappa shape index (κ1) is 18.7. The molecule has 3 rings (SSSR count). The Morgan fingerprint density at radius 3 is 2.85 bits per heavy atom. The van der Waals surface area contributed by atoms with Crippen LogP contribution in [0, 0.1) is 0 Å². The van der Waals surface area contributed by atoms with Crippen LogP contribution in [0.3, 0.4) is 0 Å². The number of rotatable bonds is 4. The van der Waals surface area contributed by atoms with Gasteiger partial charge < -0.3 is 24.5 Å². The minimum absolute atomic E-state index is 0.0450. The van der Waals surface area contributed by atoms with Gasteiger partial charge in [0, 0.05) is 12.7 Å². The van der Waals surface area contributed by atoms with Crippen molar-refractivity contribution in [2.24, 2.45) is 5.16 Å². The van der Waals surface area contributed by atoms with Crippen molar-refractivity contribution in [3.8, 4) is 0 Å². The van der Waals surface area contributed by atoms with Crippen molar-refractivity contribution in [2.45, 2.75) is 12.0 Å². The molecular formula is C16H18F2N4O5. The fourth-order valence-electron chi connectivity index (χ4n) is 2.99. The molecule has 11 heteroatoms. The Kier molecular flexibility index (Phi) is 4.77. The normalized spacial score (nSPS) is 21.9. The largest absolute Gasteiger partial charge is 0.453 e. The number of nitrogens with one attached hydrogen (secondary N) is 1. The van der Waals surface area contributed by atoms with Crippen LogP contribution < -0.4 is 15.1 Å². The smallest absolute Gasteiger partial charge is 0.414 e. The summed E-state index contributed by atoms with van der Waals surface area (Å²) in [6, 6.07) is 4.24. The lowest BCUT2D eigenvalue weighted by Gasteiger charge is -2.16. The number of benzene rings is 1. The first-order chi connectivity index (χ1) is 12.8. The summed E-state index contributed by atoms with van der Waals surface area (Å²) in [5.74, 6) is -3.91. The summed E-state index contributed by atoms with van der Waals surface area (Å²) >= 11 is 0. The van der Waals surface area contributed by atoms with Gasteiger partial charge in [-0.15, -0.1) is 0 Å². The molecule has 1 N–H and O–H groups in total. The maximum Gasteiger partial charge on any atom is 0.414 e. The van der Waals surface area contributed by atoms with Crippen molar-refractivity contribution >= 4 is 29.4 Å². The molecule has 0 spiro atoms. The van der Waals surface area contributed by atoms with Crippen molar-refractivity contribution in [3.63, 3.8) is 0 Å². The van der Waals surface area contributed by atoms with E-state index in [9.17, 15) is 18.4 Å². The number of alkyl carbamates (subject to hydrolysis) is 1. The molecule has 1 aromatic rings. The van der Waals surface area contributed by atoms with Crippen LogP contribution in [0.4, 0.5) is 29.7 Å². The molecule has 0 unspecified atom stereocenters. The third-order valence-corrected chi connectivity index (χ3v) is 4.30. The number of likely N-dealkylation sites (N-methyl/N-ethyl adjacent to an activating group) is 1. The first-order valence-electron chi connectivity index (χ1n) is 7.97. The maximum absolute atomic E-state index is 14.7. The molecule has 2 heterocycles. The van der Waals surface area contributed by atoms with Crippen LogP contribution in [0.2, 0.25) is 0 Å². The summed E-state index contributed by atoms with van der Waals surface area (Å²) in [5.41, 5.74) is 0.226. The lowest BCUT2D eigenvalue weighted by Crippen LogP contribution is -2.34. The summed E-state index contributed by atoms with van der Waals surface area (Å²) in [6.07, 6.45) is -1.97. The van der Waals surface area contributed by atoms with E-state index in [0.717, 1.165) is 0 Å². The van der Waals surface area contributed by atoms with Crippen molar-refractivity contribution in [3.05, 3.63) is 23.8 Å². The monoisotopic (exact) mass is 384 g/mol. The minimum atomic E-state index is -3.37. The standard InChI is InChI=1S/C16H18F2N4O5/c1-21-12-5-4-9(6-11(12)16(17,18)13(21)20-26-3)22-8-10(27-15(22)24)7-19-14(23)25-2/h4-6,10H,7-8H2,1-3H3,(H,19,23)/t10-/m1/s1. The highest BCUT2D eigenvalue weighted by molar-refractivity contribution is 6.09. The lowest BCUT2D eigenvalue weighted by atomic mass is 10.1. The van der Waals surface area contributed by atoms with E-state index in [1.165, 1.54) is 43.2 Å². The molecule has 0 bridgehead atoms.